The Morgan fingerprint density at radius 3 is 2.11 bits per heavy atom. The van der Waals surface area contributed by atoms with Gasteiger partial charge in [0.1, 0.15) is 6.73 Å². The number of benzene rings is 1. The van der Waals surface area contributed by atoms with E-state index in [4.69, 9.17) is 0 Å². The first kappa shape index (κ1) is 12.1. The van der Waals surface area contributed by atoms with E-state index in [0.717, 1.165) is 0 Å². The predicted molar refractivity (Wildman–Crippen MR) is 52.0 cm³/mol. The van der Waals surface area contributed by atoms with Crippen LogP contribution >= 0.6 is 0 Å². The molecule has 0 saturated carbocycles. The molecule has 1 aromatic carbocycles. The molecule has 1 aromatic rings. The Hall–Kier alpha value is -2.35. The molecule has 8 heteroatoms. The molecule has 0 unspecified atom stereocenters. The molecule has 1 aliphatic rings. The fourth-order valence-corrected chi connectivity index (χ4v) is 1.46. The fraction of sp³-hybridized carbons (Fsp3) is 0.100. The summed E-state index contributed by atoms with van der Waals surface area (Å²) in [6.07, 6.45) is 0.303. The smallest absolute Gasteiger partial charge is 0.286 e. The minimum atomic E-state index is -1.23. The van der Waals surface area contributed by atoms with Crippen LogP contribution in [0.5, 0.6) is 0 Å². The molecular weight excluding hydrogens is 250 g/mol. The average Bonchev–Trinajstić information content (AvgIpc) is 2.56. The highest BCUT2D eigenvalue weighted by Gasteiger charge is 2.38. The Morgan fingerprint density at radius 2 is 1.67 bits per heavy atom. The second kappa shape index (κ2) is 4.49. The lowest BCUT2D eigenvalue weighted by molar-refractivity contribution is -0.120. The first-order valence-electron chi connectivity index (χ1n) is 4.74. The highest BCUT2D eigenvalue weighted by molar-refractivity contribution is 6.20. The van der Waals surface area contributed by atoms with Crippen molar-refractivity contribution in [1.29, 1.82) is 0 Å². The number of imide groups is 1. The van der Waals surface area contributed by atoms with Crippen LogP contribution in [-0.2, 0) is 9.63 Å². The quantitative estimate of drug-likeness (QED) is 0.361. The predicted octanol–water partition coefficient (Wildman–Crippen LogP) is 0.196. The topological polar surface area (TPSA) is 75.7 Å². The van der Waals surface area contributed by atoms with Crippen LogP contribution in [0, 0.1) is 11.6 Å². The summed E-state index contributed by atoms with van der Waals surface area (Å²) < 4.78 is 25.9. The minimum absolute atomic E-state index is 0.287. The number of carbonyl (C=O) groups excluding carboxylic acids is 3. The highest BCUT2D eigenvalue weighted by Crippen LogP contribution is 2.25. The van der Waals surface area contributed by atoms with E-state index in [1.54, 1.807) is 0 Å². The molecule has 1 N–H and O–H groups in total. The van der Waals surface area contributed by atoms with Crippen molar-refractivity contribution in [2.24, 2.45) is 0 Å². The second-order valence-electron chi connectivity index (χ2n) is 3.31. The third kappa shape index (κ3) is 1.82. The molecule has 1 aliphatic heterocycles. The van der Waals surface area contributed by atoms with Gasteiger partial charge in [-0.2, -0.15) is 0 Å². The van der Waals surface area contributed by atoms with Crippen molar-refractivity contribution in [1.82, 2.24) is 10.4 Å². The van der Waals surface area contributed by atoms with Gasteiger partial charge < -0.3 is 5.32 Å². The van der Waals surface area contributed by atoms with Gasteiger partial charge in [-0.3, -0.25) is 14.4 Å². The van der Waals surface area contributed by atoms with Crippen LogP contribution in [0.1, 0.15) is 20.7 Å². The molecule has 0 aliphatic carbocycles. The van der Waals surface area contributed by atoms with Crippen LogP contribution in [0.25, 0.3) is 0 Å². The number of hydroxylamine groups is 2. The molecule has 2 rings (SSSR count). The number of amides is 3. The van der Waals surface area contributed by atoms with Gasteiger partial charge in [-0.1, -0.05) is 0 Å². The van der Waals surface area contributed by atoms with Crippen LogP contribution in [-0.4, -0.2) is 30.0 Å². The molecule has 18 heavy (non-hydrogen) atoms. The van der Waals surface area contributed by atoms with Gasteiger partial charge in [0.25, 0.3) is 11.8 Å². The molecule has 0 fully saturated rings. The zero-order valence-corrected chi connectivity index (χ0v) is 8.78. The number of fused-ring (bicyclic) bond motifs is 1. The summed E-state index contributed by atoms with van der Waals surface area (Å²) in [6, 6.07) is 1.25. The Bertz CT molecular complexity index is 506. The molecule has 0 saturated heterocycles. The Labute approximate surface area is 99.1 Å². The molecular formula is C10H6F2N2O4. The van der Waals surface area contributed by atoms with E-state index < -0.39 is 30.2 Å². The number of rotatable bonds is 4. The average molecular weight is 256 g/mol. The van der Waals surface area contributed by atoms with Crippen molar-refractivity contribution < 1.29 is 28.0 Å². The molecule has 3 amide bonds. The maximum atomic E-state index is 13.0. The molecule has 0 bridgehead atoms. The Kier molecular flexibility index (Phi) is 3.02. The van der Waals surface area contributed by atoms with Crippen molar-refractivity contribution in [2.45, 2.75) is 0 Å². The van der Waals surface area contributed by atoms with E-state index in [2.05, 4.69) is 10.2 Å². The van der Waals surface area contributed by atoms with Gasteiger partial charge in [-0.05, 0) is 12.1 Å². The summed E-state index contributed by atoms with van der Waals surface area (Å²) in [6.45, 7) is -0.417. The number of halogens is 2. The highest BCUT2D eigenvalue weighted by atomic mass is 19.2. The van der Waals surface area contributed by atoms with E-state index in [9.17, 15) is 23.2 Å². The normalized spacial score (nSPS) is 13.8. The second-order valence-corrected chi connectivity index (χ2v) is 3.31. The van der Waals surface area contributed by atoms with Crippen molar-refractivity contribution in [2.75, 3.05) is 6.73 Å². The lowest BCUT2D eigenvalue weighted by Gasteiger charge is -2.11. The Balaban J connectivity index is 2.29. The van der Waals surface area contributed by atoms with Gasteiger partial charge in [0.2, 0.25) is 6.41 Å². The third-order valence-corrected chi connectivity index (χ3v) is 2.25. The van der Waals surface area contributed by atoms with Crippen LogP contribution in [0.15, 0.2) is 12.1 Å². The first-order valence-corrected chi connectivity index (χ1v) is 4.74. The minimum Gasteiger partial charge on any atom is -0.334 e. The standard InChI is InChI=1S/C10H6F2N2O4/c11-7-1-5-6(2-8(7)12)10(17)14(9(5)16)18-4-13-3-15/h1-3H,4H2,(H,13,15). The molecule has 1 heterocycles. The zero-order valence-electron chi connectivity index (χ0n) is 8.78. The van der Waals surface area contributed by atoms with Crippen molar-refractivity contribution in [3.05, 3.63) is 34.9 Å². The number of carbonyl (C=O) groups is 3. The van der Waals surface area contributed by atoms with Crippen LogP contribution in [0.2, 0.25) is 0 Å². The number of nitrogens with zero attached hydrogens (tertiary/aromatic N) is 1. The number of hydrogen-bond donors (Lipinski definition) is 1. The van der Waals surface area contributed by atoms with Crippen molar-refractivity contribution >= 4 is 18.2 Å². The molecule has 6 nitrogen and oxygen atoms in total. The van der Waals surface area contributed by atoms with Gasteiger partial charge in [-0.25, -0.2) is 13.6 Å². The largest absolute Gasteiger partial charge is 0.334 e. The lowest BCUT2D eigenvalue weighted by atomic mass is 10.1. The summed E-state index contributed by atoms with van der Waals surface area (Å²) in [7, 11) is 0. The summed E-state index contributed by atoms with van der Waals surface area (Å²) in [5, 5.41) is 2.40. The van der Waals surface area contributed by atoms with Crippen LogP contribution < -0.4 is 5.32 Å². The molecule has 0 spiro atoms. The van der Waals surface area contributed by atoms with E-state index in [0.29, 0.717) is 23.6 Å². The Morgan fingerprint density at radius 1 is 1.17 bits per heavy atom. The molecule has 0 radical (unpaired) electrons. The van der Waals surface area contributed by atoms with Gasteiger partial charge in [0.05, 0.1) is 11.1 Å². The maximum Gasteiger partial charge on any atom is 0.286 e. The SMILES string of the molecule is O=CNCON1C(=O)c2cc(F)c(F)cc2C1=O. The summed E-state index contributed by atoms with van der Waals surface area (Å²) in [5.74, 6) is -4.30. The fourth-order valence-electron chi connectivity index (χ4n) is 1.46. The lowest BCUT2D eigenvalue weighted by Crippen LogP contribution is -2.33. The van der Waals surface area contributed by atoms with E-state index in [1.807, 2.05) is 0 Å². The van der Waals surface area contributed by atoms with Crippen LogP contribution in [0.3, 0.4) is 0 Å². The monoisotopic (exact) mass is 256 g/mol. The van der Waals surface area contributed by atoms with Gasteiger partial charge in [0.15, 0.2) is 11.6 Å². The van der Waals surface area contributed by atoms with Crippen LogP contribution in [0.4, 0.5) is 8.78 Å². The molecule has 0 atom stereocenters. The maximum absolute atomic E-state index is 13.0. The van der Waals surface area contributed by atoms with Gasteiger partial charge in [-0.15, -0.1) is 5.06 Å². The zero-order chi connectivity index (χ0) is 13.3. The molecule has 94 valence electrons. The summed E-state index contributed by atoms with van der Waals surface area (Å²) in [5.41, 5.74) is -0.574. The van der Waals surface area contributed by atoms with E-state index in [1.165, 1.54) is 0 Å². The first-order chi connectivity index (χ1) is 8.56. The van der Waals surface area contributed by atoms with Gasteiger partial charge >= 0.3 is 0 Å². The number of nitrogens with one attached hydrogen (secondary N) is 1. The number of hydrogen-bond acceptors (Lipinski definition) is 4. The summed E-state index contributed by atoms with van der Waals surface area (Å²) >= 11 is 0. The third-order valence-electron chi connectivity index (χ3n) is 2.25. The van der Waals surface area contributed by atoms with E-state index in [-0.39, 0.29) is 11.1 Å². The van der Waals surface area contributed by atoms with Gasteiger partial charge in [0, 0.05) is 0 Å². The van der Waals surface area contributed by atoms with E-state index >= 15 is 0 Å². The van der Waals surface area contributed by atoms with Crippen molar-refractivity contribution in [3.8, 4) is 0 Å². The summed E-state index contributed by atoms with van der Waals surface area (Å²) in [4.78, 5) is 37.9. The van der Waals surface area contributed by atoms with Crippen molar-refractivity contribution in [3.63, 3.8) is 0 Å². The molecule has 0 aromatic heterocycles.